The highest BCUT2D eigenvalue weighted by atomic mass is 14.9. The van der Waals surface area contributed by atoms with Crippen LogP contribution in [0.2, 0.25) is 0 Å². The molecule has 1 saturated carbocycles. The van der Waals surface area contributed by atoms with Gasteiger partial charge in [0.2, 0.25) is 0 Å². The molecule has 1 aromatic heterocycles. The fraction of sp³-hybridized carbons (Fsp3) is 0.778. The van der Waals surface area contributed by atoms with E-state index >= 15 is 0 Å². The molecule has 0 bridgehead atoms. The van der Waals surface area contributed by atoms with Crippen LogP contribution in [-0.4, -0.2) is 22.6 Å². The summed E-state index contributed by atoms with van der Waals surface area (Å²) in [6.07, 6.45) is 4.28. The lowest BCUT2D eigenvalue weighted by Crippen LogP contribution is -2.26. The molecule has 0 spiro atoms. The minimum Gasteiger partial charge on any atom is -0.314 e. The van der Waals surface area contributed by atoms with Crippen LogP contribution < -0.4 is 5.32 Å². The van der Waals surface area contributed by atoms with Crippen molar-refractivity contribution in [1.29, 1.82) is 0 Å². The van der Waals surface area contributed by atoms with Gasteiger partial charge < -0.3 is 5.32 Å². The molecule has 0 saturated heterocycles. The third kappa shape index (κ3) is 3.82. The summed E-state index contributed by atoms with van der Waals surface area (Å²) in [7, 11) is 0. The van der Waals surface area contributed by atoms with Crippen LogP contribution in [0.4, 0.5) is 0 Å². The molecule has 1 fully saturated rings. The molecule has 118 valence electrons. The smallest absolute Gasteiger partial charge is 0.132 e. The first kappa shape index (κ1) is 16.4. The van der Waals surface area contributed by atoms with Gasteiger partial charge in [0, 0.05) is 23.3 Å². The number of nitrogens with zero attached hydrogens (tertiary/aromatic N) is 2. The summed E-state index contributed by atoms with van der Waals surface area (Å²) >= 11 is 0. The van der Waals surface area contributed by atoms with E-state index in [0.717, 1.165) is 31.6 Å². The fourth-order valence-corrected chi connectivity index (χ4v) is 3.03. The van der Waals surface area contributed by atoms with Crippen molar-refractivity contribution < 1.29 is 0 Å². The molecule has 1 aliphatic rings. The molecule has 3 nitrogen and oxygen atoms in total. The Hall–Kier alpha value is -0.960. The topological polar surface area (TPSA) is 37.8 Å². The predicted octanol–water partition coefficient (Wildman–Crippen LogP) is 3.66. The van der Waals surface area contributed by atoms with Crippen LogP contribution in [0.15, 0.2) is 0 Å². The zero-order valence-electron chi connectivity index (χ0n) is 14.6. The van der Waals surface area contributed by atoms with E-state index in [1.54, 1.807) is 0 Å². The number of rotatable bonds is 7. The summed E-state index contributed by atoms with van der Waals surface area (Å²) in [5, 5.41) is 3.50. The molecule has 1 aromatic rings. The van der Waals surface area contributed by atoms with E-state index in [4.69, 9.17) is 9.97 Å². The first-order valence-electron chi connectivity index (χ1n) is 8.51. The van der Waals surface area contributed by atoms with Crippen molar-refractivity contribution in [2.45, 2.75) is 79.2 Å². The van der Waals surface area contributed by atoms with E-state index in [1.165, 1.54) is 23.4 Å². The van der Waals surface area contributed by atoms with Crippen LogP contribution in [-0.2, 0) is 19.3 Å². The Morgan fingerprint density at radius 2 is 1.67 bits per heavy atom. The molecule has 0 radical (unpaired) electrons. The molecule has 0 aliphatic heterocycles. The van der Waals surface area contributed by atoms with Gasteiger partial charge in [-0.1, -0.05) is 41.5 Å². The second-order valence-electron chi connectivity index (χ2n) is 7.26. The second-order valence-corrected chi connectivity index (χ2v) is 7.26. The average molecular weight is 289 g/mol. The molecule has 21 heavy (non-hydrogen) atoms. The zero-order valence-corrected chi connectivity index (χ0v) is 14.6. The number of hydrogen-bond acceptors (Lipinski definition) is 3. The molecule has 1 heterocycles. The van der Waals surface area contributed by atoms with Crippen LogP contribution in [0.3, 0.4) is 0 Å². The van der Waals surface area contributed by atoms with Gasteiger partial charge >= 0.3 is 0 Å². The molecular formula is C18H31N3. The Bertz CT molecular complexity index is 466. The lowest BCUT2D eigenvalue weighted by molar-refractivity contribution is 0.582. The monoisotopic (exact) mass is 289 g/mol. The van der Waals surface area contributed by atoms with Crippen molar-refractivity contribution in [3.8, 4) is 0 Å². The van der Waals surface area contributed by atoms with Gasteiger partial charge in [0.05, 0.1) is 0 Å². The van der Waals surface area contributed by atoms with Gasteiger partial charge in [0.15, 0.2) is 0 Å². The molecule has 1 atom stereocenters. The molecule has 0 aromatic carbocycles. The van der Waals surface area contributed by atoms with Crippen LogP contribution >= 0.6 is 0 Å². The minimum atomic E-state index is 0.400. The standard InChI is InChI=1S/C18H31N3/c1-7-15-13(9-10-19-12(3)4)16(8-2)21-17(20-15)14-11-18(14,5)6/h12,14,19H,7-11H2,1-6H3. The summed E-state index contributed by atoms with van der Waals surface area (Å²) < 4.78 is 0. The Kier molecular flexibility index (Phi) is 5.03. The minimum absolute atomic E-state index is 0.400. The van der Waals surface area contributed by atoms with E-state index < -0.39 is 0 Å². The molecule has 0 amide bonds. The van der Waals surface area contributed by atoms with Crippen LogP contribution in [0.25, 0.3) is 0 Å². The first-order valence-corrected chi connectivity index (χ1v) is 8.51. The molecular weight excluding hydrogens is 258 g/mol. The summed E-state index contributed by atoms with van der Waals surface area (Å²) in [5.74, 6) is 1.66. The second kappa shape index (κ2) is 6.43. The number of hydrogen-bond donors (Lipinski definition) is 1. The van der Waals surface area contributed by atoms with Gasteiger partial charge in [-0.15, -0.1) is 0 Å². The van der Waals surface area contributed by atoms with Gasteiger partial charge in [-0.25, -0.2) is 9.97 Å². The van der Waals surface area contributed by atoms with E-state index in [1.807, 2.05) is 0 Å². The Morgan fingerprint density at radius 1 is 1.14 bits per heavy atom. The summed E-state index contributed by atoms with van der Waals surface area (Å²) in [4.78, 5) is 9.83. The van der Waals surface area contributed by atoms with Crippen molar-refractivity contribution in [2.24, 2.45) is 5.41 Å². The fourth-order valence-electron chi connectivity index (χ4n) is 3.03. The van der Waals surface area contributed by atoms with Crippen molar-refractivity contribution in [2.75, 3.05) is 6.54 Å². The lowest BCUT2D eigenvalue weighted by atomic mass is 10.0. The highest BCUT2D eigenvalue weighted by molar-refractivity contribution is 5.30. The summed E-state index contributed by atoms with van der Waals surface area (Å²) in [6.45, 7) is 14.4. The first-order chi connectivity index (χ1) is 9.89. The van der Waals surface area contributed by atoms with Gasteiger partial charge in [-0.2, -0.15) is 0 Å². The number of aromatic nitrogens is 2. The third-order valence-corrected chi connectivity index (χ3v) is 4.62. The normalized spacial score (nSPS) is 20.0. The third-order valence-electron chi connectivity index (χ3n) is 4.62. The van der Waals surface area contributed by atoms with Crippen molar-refractivity contribution in [3.63, 3.8) is 0 Å². The molecule has 2 rings (SSSR count). The molecule has 3 heteroatoms. The lowest BCUT2D eigenvalue weighted by Gasteiger charge is -2.16. The Balaban J connectivity index is 2.23. The SMILES string of the molecule is CCc1nc(C2CC2(C)C)nc(CC)c1CCNC(C)C. The zero-order chi connectivity index (χ0) is 15.6. The average Bonchev–Trinajstić information content (AvgIpc) is 3.07. The number of aryl methyl sites for hydroxylation is 2. The molecule has 1 N–H and O–H groups in total. The van der Waals surface area contributed by atoms with Crippen molar-refractivity contribution >= 4 is 0 Å². The van der Waals surface area contributed by atoms with Crippen molar-refractivity contribution in [3.05, 3.63) is 22.8 Å². The Labute approximate surface area is 130 Å². The van der Waals surface area contributed by atoms with E-state index in [-0.39, 0.29) is 0 Å². The van der Waals surface area contributed by atoms with Crippen LogP contribution in [0.1, 0.15) is 76.7 Å². The van der Waals surface area contributed by atoms with Gasteiger partial charge in [-0.05, 0) is 43.2 Å². The maximum atomic E-state index is 4.92. The highest BCUT2D eigenvalue weighted by Gasteiger charge is 2.48. The van der Waals surface area contributed by atoms with E-state index in [9.17, 15) is 0 Å². The van der Waals surface area contributed by atoms with Crippen molar-refractivity contribution in [1.82, 2.24) is 15.3 Å². The summed E-state index contributed by atoms with van der Waals surface area (Å²) in [5.41, 5.74) is 4.32. The maximum absolute atomic E-state index is 4.92. The van der Waals surface area contributed by atoms with E-state index in [0.29, 0.717) is 17.4 Å². The maximum Gasteiger partial charge on any atom is 0.132 e. The quantitative estimate of drug-likeness (QED) is 0.832. The van der Waals surface area contributed by atoms with Crippen LogP contribution in [0, 0.1) is 5.41 Å². The van der Waals surface area contributed by atoms with Gasteiger partial charge in [0.1, 0.15) is 5.82 Å². The van der Waals surface area contributed by atoms with E-state index in [2.05, 4.69) is 46.9 Å². The predicted molar refractivity (Wildman–Crippen MR) is 88.8 cm³/mol. The highest BCUT2D eigenvalue weighted by Crippen LogP contribution is 2.57. The number of nitrogens with one attached hydrogen (secondary N) is 1. The Morgan fingerprint density at radius 3 is 2.05 bits per heavy atom. The van der Waals surface area contributed by atoms with Gasteiger partial charge in [-0.3, -0.25) is 0 Å². The summed E-state index contributed by atoms with van der Waals surface area (Å²) in [6, 6.07) is 0.535. The molecule has 1 aliphatic carbocycles. The largest absolute Gasteiger partial charge is 0.314 e. The van der Waals surface area contributed by atoms with Crippen LogP contribution in [0.5, 0.6) is 0 Å². The molecule has 1 unspecified atom stereocenters. The van der Waals surface area contributed by atoms with Gasteiger partial charge in [0.25, 0.3) is 0 Å².